The van der Waals surface area contributed by atoms with E-state index in [9.17, 15) is 19.5 Å². The third kappa shape index (κ3) is 24.9. The molecule has 0 aromatic heterocycles. The molecule has 3 unspecified atom stereocenters. The van der Waals surface area contributed by atoms with Crippen molar-refractivity contribution in [3.63, 3.8) is 0 Å². The number of hydrogen-bond acceptors (Lipinski definition) is 14. The van der Waals surface area contributed by atoms with Gasteiger partial charge in [-0.2, -0.15) is 0 Å². The lowest BCUT2D eigenvalue weighted by Crippen LogP contribution is -2.42. The number of carbonyl (C=O) groups excluding carboxylic acids is 2. The van der Waals surface area contributed by atoms with Gasteiger partial charge in [-0.3, -0.25) is 14.4 Å². The Kier molecular flexibility index (Phi) is 29.0. The second-order valence-corrected chi connectivity index (χ2v) is 15.2. The topological polar surface area (TPSA) is 173 Å². The van der Waals surface area contributed by atoms with Crippen LogP contribution in [-0.2, 0) is 66.5 Å². The summed E-state index contributed by atoms with van der Waals surface area (Å²) in [5.74, 6) is -2.54. The maximum Gasteiger partial charge on any atom is 0.327 e. The Morgan fingerprint density at radius 1 is 0.579 bits per heavy atom. The van der Waals surface area contributed by atoms with Gasteiger partial charge in [-0.25, -0.2) is 0 Å². The van der Waals surface area contributed by atoms with Crippen molar-refractivity contribution in [3.8, 4) is 0 Å². The summed E-state index contributed by atoms with van der Waals surface area (Å²) in [6.45, 7) is 16.0. The summed E-state index contributed by atoms with van der Waals surface area (Å²) in [4.78, 5) is 36.8. The van der Waals surface area contributed by atoms with Gasteiger partial charge in [0.25, 0.3) is 0 Å². The van der Waals surface area contributed by atoms with Crippen molar-refractivity contribution in [1.82, 2.24) is 0 Å². The van der Waals surface area contributed by atoms with E-state index in [1.807, 2.05) is 30.3 Å². The van der Waals surface area contributed by atoms with Crippen molar-refractivity contribution in [3.05, 3.63) is 35.9 Å². The molecule has 0 amide bonds. The van der Waals surface area contributed by atoms with Gasteiger partial charge in [0.1, 0.15) is 11.5 Å². The normalized spacial score (nSPS) is 14.4. The minimum absolute atomic E-state index is 0.0598. The van der Waals surface area contributed by atoms with Crippen molar-refractivity contribution in [2.45, 2.75) is 64.7 Å². The number of carboxylic acid groups (broad SMARTS) is 1. The van der Waals surface area contributed by atoms with Gasteiger partial charge in [0.15, 0.2) is 0 Å². The van der Waals surface area contributed by atoms with Crippen LogP contribution in [0.3, 0.4) is 0 Å². The highest BCUT2D eigenvalue weighted by Crippen LogP contribution is 2.45. The predicted molar refractivity (Wildman–Crippen MR) is 213 cm³/mol. The lowest BCUT2D eigenvalue weighted by atomic mass is 9.69. The number of esters is 2. The molecule has 0 aliphatic heterocycles. The van der Waals surface area contributed by atoms with E-state index >= 15 is 0 Å². The number of rotatable bonds is 38. The van der Waals surface area contributed by atoms with Crippen LogP contribution in [0.4, 0.5) is 0 Å². The van der Waals surface area contributed by atoms with Crippen LogP contribution in [0.25, 0.3) is 0 Å². The van der Waals surface area contributed by atoms with Gasteiger partial charge in [-0.05, 0) is 65.4 Å². The molecule has 57 heavy (non-hydrogen) atoms. The quantitative estimate of drug-likeness (QED) is 0.0539. The molecule has 0 bridgehead atoms. The van der Waals surface area contributed by atoms with Crippen LogP contribution in [0.2, 0.25) is 0 Å². The summed E-state index contributed by atoms with van der Waals surface area (Å²) in [7, 11) is 1.63. The first-order valence-electron chi connectivity index (χ1n) is 19.7. The molecule has 0 saturated heterocycles. The molecule has 1 rings (SSSR count). The number of alkyl halides is 1. The van der Waals surface area contributed by atoms with E-state index in [0.717, 1.165) is 5.56 Å². The number of carbonyl (C=O) groups is 3. The summed E-state index contributed by atoms with van der Waals surface area (Å²) in [5.41, 5.74) is -1.42. The molecule has 15 nitrogen and oxygen atoms in total. The molecule has 330 valence electrons. The van der Waals surface area contributed by atoms with E-state index in [1.54, 1.807) is 34.8 Å². The number of benzene rings is 1. The van der Waals surface area contributed by atoms with Crippen LogP contribution >= 0.6 is 11.6 Å². The molecule has 0 spiro atoms. The minimum atomic E-state index is -1.63. The highest BCUT2D eigenvalue weighted by molar-refractivity contribution is 6.33. The third-order valence-electron chi connectivity index (χ3n) is 8.71. The Balaban J connectivity index is 2.19. The van der Waals surface area contributed by atoms with Crippen molar-refractivity contribution in [1.29, 1.82) is 0 Å². The minimum Gasteiger partial charge on any atom is -0.481 e. The number of hydrogen-bond donors (Lipinski definition) is 1. The van der Waals surface area contributed by atoms with Gasteiger partial charge in [0.2, 0.25) is 0 Å². The number of aliphatic carboxylic acids is 1. The highest BCUT2D eigenvalue weighted by atomic mass is 35.5. The molecule has 1 N–H and O–H groups in total. The van der Waals surface area contributed by atoms with Gasteiger partial charge in [-0.15, -0.1) is 11.6 Å². The van der Waals surface area contributed by atoms with E-state index in [-0.39, 0.29) is 51.2 Å². The standard InChI is InChI=1S/C41H69ClO15/c1-7-56-37(45)39(2,3)31-35(34-11-9-8-10-12-34)32-40(4,36(43)44)33-41(5,42)38(46)57-30-29-55-28-27-54-26-25-53-24-23-52-22-21-51-20-19-50-18-17-49-16-15-48-14-13-47-6/h8-12,35H,7,13-33H2,1-6H3,(H,43,44). The molecule has 1 aromatic carbocycles. The number of carboxylic acids is 1. The Hall–Kier alpha value is -2.44. The number of ether oxygens (including phenoxy) is 11. The lowest BCUT2D eigenvalue weighted by Gasteiger charge is -2.36. The zero-order valence-corrected chi connectivity index (χ0v) is 35.8. The van der Waals surface area contributed by atoms with Crippen molar-refractivity contribution >= 4 is 29.5 Å². The fraction of sp³-hybridized carbons (Fsp3) is 0.780. The molecule has 0 heterocycles. The fourth-order valence-electron chi connectivity index (χ4n) is 5.77. The predicted octanol–water partition coefficient (Wildman–Crippen LogP) is 4.94. The fourth-order valence-corrected chi connectivity index (χ4v) is 6.12. The average Bonchev–Trinajstić information content (AvgIpc) is 3.17. The molecular formula is C41H69ClO15. The van der Waals surface area contributed by atoms with E-state index in [0.29, 0.717) is 106 Å². The lowest BCUT2D eigenvalue weighted by molar-refractivity contribution is -0.154. The van der Waals surface area contributed by atoms with Crippen LogP contribution < -0.4 is 0 Å². The number of halogens is 1. The van der Waals surface area contributed by atoms with E-state index in [2.05, 4.69) is 0 Å². The zero-order valence-electron chi connectivity index (χ0n) is 35.1. The molecule has 0 radical (unpaired) electrons. The zero-order chi connectivity index (χ0) is 42.3. The Morgan fingerprint density at radius 3 is 1.33 bits per heavy atom. The monoisotopic (exact) mass is 836 g/mol. The average molecular weight is 837 g/mol. The highest BCUT2D eigenvalue weighted by Gasteiger charge is 2.47. The van der Waals surface area contributed by atoms with Gasteiger partial charge in [0.05, 0.1) is 130 Å². The molecule has 0 fully saturated rings. The molecule has 1 aromatic rings. The van der Waals surface area contributed by atoms with Gasteiger partial charge < -0.3 is 57.2 Å². The molecule has 0 aliphatic carbocycles. The van der Waals surface area contributed by atoms with Gasteiger partial charge in [0, 0.05) is 7.11 Å². The van der Waals surface area contributed by atoms with Gasteiger partial charge >= 0.3 is 17.9 Å². The summed E-state index contributed by atoms with van der Waals surface area (Å²) in [6.07, 6.45) is 0.273. The maximum absolute atomic E-state index is 13.0. The second-order valence-electron chi connectivity index (χ2n) is 14.4. The van der Waals surface area contributed by atoms with Crippen molar-refractivity contribution < 1.29 is 71.6 Å². The van der Waals surface area contributed by atoms with E-state index in [1.165, 1.54) is 6.92 Å². The first-order chi connectivity index (χ1) is 27.3. The largest absolute Gasteiger partial charge is 0.481 e. The summed E-state index contributed by atoms with van der Waals surface area (Å²) in [6, 6.07) is 9.41. The van der Waals surface area contributed by atoms with E-state index in [4.69, 9.17) is 63.7 Å². The molecule has 0 saturated carbocycles. The molecule has 16 heteroatoms. The van der Waals surface area contributed by atoms with Crippen LogP contribution in [0.5, 0.6) is 0 Å². The Labute approximate surface area is 344 Å². The summed E-state index contributed by atoms with van der Waals surface area (Å²) >= 11 is 6.67. The van der Waals surface area contributed by atoms with Crippen LogP contribution in [0.15, 0.2) is 30.3 Å². The number of methoxy groups -OCH3 is 1. The smallest absolute Gasteiger partial charge is 0.327 e. The van der Waals surface area contributed by atoms with Crippen LogP contribution in [-0.4, -0.2) is 161 Å². The van der Waals surface area contributed by atoms with Gasteiger partial charge in [-0.1, -0.05) is 30.3 Å². The Bertz CT molecular complexity index is 1190. The SMILES string of the molecule is CCOC(=O)C(C)(C)CC(CC(C)(CC(C)(Cl)C(=O)OCCOCCOCCOCCOCCOCCOCCOCCOCCOC)C(=O)O)c1ccccc1. The molecule has 3 atom stereocenters. The third-order valence-corrected chi connectivity index (χ3v) is 9.00. The van der Waals surface area contributed by atoms with Crippen LogP contribution in [0.1, 0.15) is 65.4 Å². The summed E-state index contributed by atoms with van der Waals surface area (Å²) < 4.78 is 59.1. The van der Waals surface area contributed by atoms with Crippen molar-refractivity contribution in [2.75, 3.05) is 133 Å². The first-order valence-corrected chi connectivity index (χ1v) is 20.1. The van der Waals surface area contributed by atoms with E-state index < -0.39 is 27.6 Å². The maximum atomic E-state index is 13.0. The van der Waals surface area contributed by atoms with Crippen LogP contribution in [0, 0.1) is 10.8 Å². The molecular weight excluding hydrogens is 768 g/mol. The van der Waals surface area contributed by atoms with Crippen molar-refractivity contribution in [2.24, 2.45) is 10.8 Å². The Morgan fingerprint density at radius 2 is 0.965 bits per heavy atom. The second kappa shape index (κ2) is 31.5. The summed E-state index contributed by atoms with van der Waals surface area (Å²) in [5, 5.41) is 10.4. The first kappa shape index (κ1) is 52.6. The molecule has 0 aliphatic rings.